The van der Waals surface area contributed by atoms with Crippen LogP contribution in [0, 0.1) is 35.4 Å². The standard InChI is InChI=1S/C21H26FNO3/c1-2-23(18-5-3-17(22)4-6-18)19(24)12-26-21(25)20-15-8-13-7-14(10-15)11-16(20)9-13/h3-6,13-16,20H,2,7-12H2,1H3. The van der Waals surface area contributed by atoms with Crippen molar-refractivity contribution in [1.29, 1.82) is 0 Å². The van der Waals surface area contributed by atoms with E-state index in [0.29, 0.717) is 24.1 Å². The van der Waals surface area contributed by atoms with Gasteiger partial charge in [0, 0.05) is 12.2 Å². The average Bonchev–Trinajstić information content (AvgIpc) is 2.61. The summed E-state index contributed by atoms with van der Waals surface area (Å²) in [5, 5.41) is 0. The molecule has 0 N–H and O–H groups in total. The van der Waals surface area contributed by atoms with Crippen LogP contribution in [0.1, 0.15) is 39.0 Å². The fraction of sp³-hybridized carbons (Fsp3) is 0.619. The van der Waals surface area contributed by atoms with Gasteiger partial charge in [0.25, 0.3) is 5.91 Å². The number of halogens is 1. The predicted molar refractivity (Wildman–Crippen MR) is 95.9 cm³/mol. The van der Waals surface area contributed by atoms with E-state index in [1.54, 1.807) is 12.1 Å². The topological polar surface area (TPSA) is 46.6 Å². The lowest BCUT2D eigenvalue weighted by Gasteiger charge is -2.53. The Labute approximate surface area is 153 Å². The molecule has 0 unspecified atom stereocenters. The van der Waals surface area contributed by atoms with Gasteiger partial charge in [-0.05, 0) is 87.0 Å². The van der Waals surface area contributed by atoms with Crippen molar-refractivity contribution in [2.45, 2.75) is 39.0 Å². The zero-order valence-corrected chi connectivity index (χ0v) is 15.2. The van der Waals surface area contributed by atoms with Crippen molar-refractivity contribution in [3.8, 4) is 0 Å². The molecule has 5 rings (SSSR count). The van der Waals surface area contributed by atoms with E-state index in [-0.39, 0.29) is 30.2 Å². The highest BCUT2D eigenvalue weighted by molar-refractivity contribution is 5.95. The van der Waals surface area contributed by atoms with Crippen LogP contribution >= 0.6 is 0 Å². The molecule has 0 heterocycles. The van der Waals surface area contributed by atoms with Crippen LogP contribution in [0.15, 0.2) is 24.3 Å². The summed E-state index contributed by atoms with van der Waals surface area (Å²) in [6.07, 6.45) is 5.94. The van der Waals surface area contributed by atoms with Crippen LogP contribution in [0.5, 0.6) is 0 Å². The fourth-order valence-corrected chi connectivity index (χ4v) is 5.74. The molecule has 1 amide bonds. The molecular weight excluding hydrogens is 333 g/mol. The van der Waals surface area contributed by atoms with E-state index < -0.39 is 0 Å². The predicted octanol–water partition coefficient (Wildman–Crippen LogP) is 3.79. The summed E-state index contributed by atoms with van der Waals surface area (Å²) < 4.78 is 18.5. The molecule has 0 atom stereocenters. The van der Waals surface area contributed by atoms with E-state index in [0.717, 1.165) is 37.5 Å². The third-order valence-electron chi connectivity index (χ3n) is 6.59. The van der Waals surface area contributed by atoms with Crippen molar-refractivity contribution in [3.05, 3.63) is 30.1 Å². The summed E-state index contributed by atoms with van der Waals surface area (Å²) >= 11 is 0. The molecule has 140 valence electrons. The van der Waals surface area contributed by atoms with E-state index in [1.165, 1.54) is 23.5 Å². The highest BCUT2D eigenvalue weighted by Gasteiger charge is 2.51. The summed E-state index contributed by atoms with van der Waals surface area (Å²) in [4.78, 5) is 26.7. The van der Waals surface area contributed by atoms with Crippen molar-refractivity contribution in [2.24, 2.45) is 29.6 Å². The number of carbonyl (C=O) groups is 2. The first-order chi connectivity index (χ1) is 12.5. The smallest absolute Gasteiger partial charge is 0.310 e. The second kappa shape index (κ2) is 7.01. The van der Waals surface area contributed by atoms with Gasteiger partial charge in [0.2, 0.25) is 0 Å². The number of anilines is 1. The summed E-state index contributed by atoms with van der Waals surface area (Å²) in [6, 6.07) is 5.78. The molecule has 4 saturated carbocycles. The van der Waals surface area contributed by atoms with Crippen LogP contribution in [0.3, 0.4) is 0 Å². The average molecular weight is 359 g/mol. The largest absolute Gasteiger partial charge is 0.455 e. The number of amides is 1. The number of rotatable bonds is 5. The Balaban J connectivity index is 1.36. The maximum atomic E-state index is 13.1. The molecule has 26 heavy (non-hydrogen) atoms. The molecule has 0 aromatic heterocycles. The highest BCUT2D eigenvalue weighted by Crippen LogP contribution is 2.56. The van der Waals surface area contributed by atoms with Gasteiger partial charge in [0.15, 0.2) is 6.61 Å². The molecule has 4 aliphatic rings. The number of carbonyl (C=O) groups excluding carboxylic acids is 2. The van der Waals surface area contributed by atoms with E-state index >= 15 is 0 Å². The summed E-state index contributed by atoms with van der Waals surface area (Å²) in [5.74, 6) is 1.69. The summed E-state index contributed by atoms with van der Waals surface area (Å²) in [5.41, 5.74) is 0.615. The van der Waals surface area contributed by atoms with Crippen LogP contribution in [0.2, 0.25) is 0 Å². The number of hydrogen-bond acceptors (Lipinski definition) is 3. The zero-order chi connectivity index (χ0) is 18.3. The number of ether oxygens (including phenoxy) is 1. The van der Waals surface area contributed by atoms with E-state index in [1.807, 2.05) is 6.92 Å². The molecule has 4 bridgehead atoms. The Hall–Kier alpha value is -1.91. The van der Waals surface area contributed by atoms with Crippen molar-refractivity contribution in [2.75, 3.05) is 18.1 Å². The Kier molecular flexibility index (Phi) is 4.72. The maximum absolute atomic E-state index is 13.1. The van der Waals surface area contributed by atoms with Crippen molar-refractivity contribution in [3.63, 3.8) is 0 Å². The Morgan fingerprint density at radius 2 is 1.62 bits per heavy atom. The van der Waals surface area contributed by atoms with E-state index in [2.05, 4.69) is 0 Å². The molecule has 4 fully saturated rings. The van der Waals surface area contributed by atoms with Gasteiger partial charge in [0.1, 0.15) is 5.82 Å². The third-order valence-corrected chi connectivity index (χ3v) is 6.59. The first-order valence-electron chi connectivity index (χ1n) is 9.77. The number of benzene rings is 1. The minimum Gasteiger partial charge on any atom is -0.455 e. The number of likely N-dealkylation sites (N-methyl/N-ethyl adjacent to an activating group) is 1. The minimum absolute atomic E-state index is 0.0171. The van der Waals surface area contributed by atoms with Crippen LogP contribution < -0.4 is 4.90 Å². The molecule has 1 aromatic carbocycles. The lowest BCUT2D eigenvalue weighted by molar-refractivity contribution is -0.164. The van der Waals surface area contributed by atoms with Crippen LogP contribution in [-0.2, 0) is 14.3 Å². The number of esters is 1. The van der Waals surface area contributed by atoms with Gasteiger partial charge in [-0.2, -0.15) is 0 Å². The van der Waals surface area contributed by atoms with Crippen LogP contribution in [0.25, 0.3) is 0 Å². The van der Waals surface area contributed by atoms with E-state index in [4.69, 9.17) is 4.74 Å². The van der Waals surface area contributed by atoms with E-state index in [9.17, 15) is 14.0 Å². The van der Waals surface area contributed by atoms with Crippen molar-refractivity contribution in [1.82, 2.24) is 0 Å². The summed E-state index contributed by atoms with van der Waals surface area (Å²) in [7, 11) is 0. The molecule has 0 aliphatic heterocycles. The van der Waals surface area contributed by atoms with Gasteiger partial charge in [0.05, 0.1) is 5.92 Å². The molecule has 1 aromatic rings. The summed E-state index contributed by atoms with van der Waals surface area (Å²) in [6.45, 7) is 2.05. The van der Waals surface area contributed by atoms with Crippen molar-refractivity contribution >= 4 is 17.6 Å². The first-order valence-corrected chi connectivity index (χ1v) is 9.77. The first kappa shape index (κ1) is 17.5. The quantitative estimate of drug-likeness (QED) is 0.752. The van der Waals surface area contributed by atoms with Gasteiger partial charge in [-0.1, -0.05) is 0 Å². The van der Waals surface area contributed by atoms with Gasteiger partial charge in [-0.3, -0.25) is 9.59 Å². The maximum Gasteiger partial charge on any atom is 0.310 e. The molecule has 0 radical (unpaired) electrons. The van der Waals surface area contributed by atoms with Gasteiger partial charge < -0.3 is 9.64 Å². The minimum atomic E-state index is -0.342. The highest BCUT2D eigenvalue weighted by atomic mass is 19.1. The molecule has 0 spiro atoms. The SMILES string of the molecule is CCN(C(=O)COC(=O)C1C2CC3CC(C2)CC1C3)c1ccc(F)cc1. The molecular formula is C21H26FNO3. The van der Waals surface area contributed by atoms with Crippen LogP contribution in [0.4, 0.5) is 10.1 Å². The lowest BCUT2D eigenvalue weighted by atomic mass is 9.52. The lowest BCUT2D eigenvalue weighted by Crippen LogP contribution is -2.49. The molecule has 4 aliphatic carbocycles. The monoisotopic (exact) mass is 359 g/mol. The number of hydrogen-bond donors (Lipinski definition) is 0. The van der Waals surface area contributed by atoms with Crippen molar-refractivity contribution < 1.29 is 18.7 Å². The third kappa shape index (κ3) is 3.24. The Bertz CT molecular complexity index is 659. The normalized spacial score (nSPS) is 31.7. The molecule has 0 saturated heterocycles. The Morgan fingerprint density at radius 3 is 2.15 bits per heavy atom. The number of nitrogens with zero attached hydrogens (tertiary/aromatic N) is 1. The molecule has 5 heteroatoms. The van der Waals surface area contributed by atoms with Crippen LogP contribution in [-0.4, -0.2) is 25.0 Å². The fourth-order valence-electron chi connectivity index (χ4n) is 5.74. The van der Waals surface area contributed by atoms with Gasteiger partial charge in [-0.25, -0.2) is 4.39 Å². The second-order valence-corrected chi connectivity index (χ2v) is 8.18. The molecule has 4 nitrogen and oxygen atoms in total. The second-order valence-electron chi connectivity index (χ2n) is 8.18. The van der Waals surface area contributed by atoms with Gasteiger partial charge in [-0.15, -0.1) is 0 Å². The Morgan fingerprint density at radius 1 is 1.04 bits per heavy atom. The van der Waals surface area contributed by atoms with Gasteiger partial charge >= 0.3 is 5.97 Å². The zero-order valence-electron chi connectivity index (χ0n) is 15.2.